The second-order valence-corrected chi connectivity index (χ2v) is 7.23. The van der Waals surface area contributed by atoms with Gasteiger partial charge < -0.3 is 15.0 Å². The number of aromatic hydroxyl groups is 1. The van der Waals surface area contributed by atoms with E-state index >= 15 is 0 Å². The first-order valence-electron chi connectivity index (χ1n) is 9.32. The summed E-state index contributed by atoms with van der Waals surface area (Å²) in [7, 11) is 0. The number of aryl methyl sites for hydroxylation is 1. The maximum atomic E-state index is 13.0. The summed E-state index contributed by atoms with van der Waals surface area (Å²) in [5.74, 6) is 0.271. The first kappa shape index (κ1) is 19.2. The molecule has 1 fully saturated rings. The highest BCUT2D eigenvalue weighted by Gasteiger charge is 2.30. The molecular weight excluding hydrogens is 342 g/mol. The normalized spacial score (nSPS) is 16.4. The topological polar surface area (TPSA) is 76.6 Å². The standard InChI is InChI=1S/C21H27N3O3/c1-13-19(16(4)25)14(2)22-20(13)21(27)15(3)23-9-11-24(12-10-23)17-7-5-6-8-18(17)26/h5-8,15,22,26H,9-12H2,1-4H3/t15-/m1/s1. The summed E-state index contributed by atoms with van der Waals surface area (Å²) >= 11 is 0. The first-order valence-corrected chi connectivity index (χ1v) is 9.32. The van der Waals surface area contributed by atoms with E-state index in [4.69, 9.17) is 0 Å². The maximum Gasteiger partial charge on any atom is 0.196 e. The zero-order valence-electron chi connectivity index (χ0n) is 16.4. The molecular formula is C21H27N3O3. The number of nitrogens with one attached hydrogen (secondary N) is 1. The Kier molecular flexibility index (Phi) is 5.37. The van der Waals surface area contributed by atoms with Crippen molar-refractivity contribution in [1.29, 1.82) is 0 Å². The molecule has 0 aliphatic carbocycles. The van der Waals surface area contributed by atoms with E-state index in [0.29, 0.717) is 11.3 Å². The number of benzene rings is 1. The van der Waals surface area contributed by atoms with Crippen molar-refractivity contribution >= 4 is 17.3 Å². The van der Waals surface area contributed by atoms with Gasteiger partial charge in [0.15, 0.2) is 11.6 Å². The Bertz CT molecular complexity index is 864. The van der Waals surface area contributed by atoms with Gasteiger partial charge in [-0.2, -0.15) is 0 Å². The number of ketones is 2. The van der Waals surface area contributed by atoms with Crippen LogP contribution in [0.3, 0.4) is 0 Å². The van der Waals surface area contributed by atoms with Crippen LogP contribution in [0.1, 0.15) is 46.0 Å². The van der Waals surface area contributed by atoms with Gasteiger partial charge in [0.25, 0.3) is 0 Å². The molecule has 0 radical (unpaired) electrons. The molecule has 1 aliphatic rings. The number of carbonyl (C=O) groups is 2. The molecule has 0 bridgehead atoms. The number of H-pyrrole nitrogens is 1. The highest BCUT2D eigenvalue weighted by Crippen LogP contribution is 2.28. The van der Waals surface area contributed by atoms with Gasteiger partial charge in [0.2, 0.25) is 0 Å². The van der Waals surface area contributed by atoms with Crippen molar-refractivity contribution in [3.05, 3.63) is 46.8 Å². The number of phenols is 1. The minimum atomic E-state index is -0.270. The van der Waals surface area contributed by atoms with Crippen LogP contribution in [0.15, 0.2) is 24.3 Å². The van der Waals surface area contributed by atoms with E-state index < -0.39 is 0 Å². The molecule has 144 valence electrons. The molecule has 6 heteroatoms. The van der Waals surface area contributed by atoms with Crippen LogP contribution in [-0.4, -0.2) is 58.8 Å². The van der Waals surface area contributed by atoms with Crippen molar-refractivity contribution in [2.24, 2.45) is 0 Å². The smallest absolute Gasteiger partial charge is 0.196 e. The zero-order chi connectivity index (χ0) is 19.7. The van der Waals surface area contributed by atoms with Crippen molar-refractivity contribution in [3.8, 4) is 5.75 Å². The predicted octanol–water partition coefficient (Wildman–Crippen LogP) is 2.93. The van der Waals surface area contributed by atoms with E-state index in [9.17, 15) is 14.7 Å². The average molecular weight is 369 g/mol. The van der Waals surface area contributed by atoms with Gasteiger partial charge in [-0.05, 0) is 45.4 Å². The van der Waals surface area contributed by atoms with Crippen molar-refractivity contribution < 1.29 is 14.7 Å². The van der Waals surface area contributed by atoms with Crippen LogP contribution in [0.4, 0.5) is 5.69 Å². The number of nitrogens with zero attached hydrogens (tertiary/aromatic N) is 2. The van der Waals surface area contributed by atoms with Crippen LogP contribution in [-0.2, 0) is 0 Å². The highest BCUT2D eigenvalue weighted by atomic mass is 16.3. The molecule has 0 unspecified atom stereocenters. The summed E-state index contributed by atoms with van der Waals surface area (Å²) in [5, 5.41) is 10.0. The van der Waals surface area contributed by atoms with Crippen LogP contribution in [0.5, 0.6) is 5.75 Å². The lowest BCUT2D eigenvalue weighted by Crippen LogP contribution is -2.51. The predicted molar refractivity (Wildman–Crippen MR) is 106 cm³/mol. The second kappa shape index (κ2) is 7.56. The molecule has 27 heavy (non-hydrogen) atoms. The van der Waals surface area contributed by atoms with Gasteiger partial charge in [-0.15, -0.1) is 0 Å². The number of phenolic OH excluding ortho intramolecular Hbond substituents is 1. The molecule has 1 aromatic heterocycles. The number of hydrogen-bond acceptors (Lipinski definition) is 5. The Balaban J connectivity index is 1.70. The Labute approximate surface area is 159 Å². The molecule has 1 atom stereocenters. The number of hydrogen-bond donors (Lipinski definition) is 2. The van der Waals surface area contributed by atoms with Gasteiger partial charge in [-0.25, -0.2) is 0 Å². The lowest BCUT2D eigenvalue weighted by Gasteiger charge is -2.38. The van der Waals surface area contributed by atoms with Gasteiger partial charge in [0.05, 0.1) is 17.4 Å². The highest BCUT2D eigenvalue weighted by molar-refractivity contribution is 6.05. The van der Waals surface area contributed by atoms with E-state index in [1.807, 2.05) is 39.0 Å². The molecule has 2 heterocycles. The van der Waals surface area contributed by atoms with Crippen molar-refractivity contribution in [2.75, 3.05) is 31.1 Å². The zero-order valence-corrected chi connectivity index (χ0v) is 16.4. The molecule has 1 aromatic carbocycles. The van der Waals surface area contributed by atoms with Crippen molar-refractivity contribution in [2.45, 2.75) is 33.7 Å². The average Bonchev–Trinajstić information content (AvgIpc) is 2.95. The summed E-state index contributed by atoms with van der Waals surface area (Å²) in [6, 6.07) is 7.06. The fourth-order valence-corrected chi connectivity index (χ4v) is 3.98. The minimum Gasteiger partial charge on any atom is -0.506 e. The maximum absolute atomic E-state index is 13.0. The van der Waals surface area contributed by atoms with Gasteiger partial charge in [0.1, 0.15) is 5.75 Å². The SMILES string of the molecule is CC(=O)c1c(C)[nH]c(C(=O)[C@@H](C)N2CCN(c3ccccc3O)CC2)c1C. The molecule has 0 saturated carbocycles. The number of aromatic amines is 1. The van der Waals surface area contributed by atoms with Gasteiger partial charge >= 0.3 is 0 Å². The third kappa shape index (κ3) is 3.62. The van der Waals surface area contributed by atoms with Crippen molar-refractivity contribution in [1.82, 2.24) is 9.88 Å². The minimum absolute atomic E-state index is 0.0131. The number of Topliss-reactive ketones (excluding diaryl/α,β-unsaturated/α-hetero) is 2. The van der Waals surface area contributed by atoms with E-state index in [1.54, 1.807) is 6.07 Å². The van der Waals surface area contributed by atoms with Gasteiger partial charge in [-0.3, -0.25) is 14.5 Å². The molecule has 1 aliphatic heterocycles. The van der Waals surface area contributed by atoms with Crippen LogP contribution in [0, 0.1) is 13.8 Å². The van der Waals surface area contributed by atoms with Gasteiger partial charge in [0, 0.05) is 37.4 Å². The molecule has 0 amide bonds. The van der Waals surface area contributed by atoms with E-state index in [1.165, 1.54) is 6.92 Å². The summed E-state index contributed by atoms with van der Waals surface area (Å²) in [6.07, 6.45) is 0. The summed E-state index contributed by atoms with van der Waals surface area (Å²) < 4.78 is 0. The Hall–Kier alpha value is -2.60. The number of para-hydroxylation sites is 2. The molecule has 2 aromatic rings. The lowest BCUT2D eigenvalue weighted by atomic mass is 10.0. The van der Waals surface area contributed by atoms with Crippen LogP contribution < -0.4 is 4.90 Å². The Morgan fingerprint density at radius 1 is 1.11 bits per heavy atom. The number of anilines is 1. The lowest BCUT2D eigenvalue weighted by molar-refractivity contribution is 0.0824. The summed E-state index contributed by atoms with van der Waals surface area (Å²) in [5.41, 5.74) is 3.48. The van der Waals surface area contributed by atoms with E-state index in [2.05, 4.69) is 14.8 Å². The quantitative estimate of drug-likeness (QED) is 0.793. The second-order valence-electron chi connectivity index (χ2n) is 7.23. The summed E-state index contributed by atoms with van der Waals surface area (Å²) in [6.45, 7) is 10.1. The number of piperazine rings is 1. The number of carbonyl (C=O) groups excluding carboxylic acids is 2. The first-order chi connectivity index (χ1) is 12.8. The molecule has 2 N–H and O–H groups in total. The fourth-order valence-electron chi connectivity index (χ4n) is 3.98. The number of rotatable bonds is 5. The third-order valence-electron chi connectivity index (χ3n) is 5.50. The van der Waals surface area contributed by atoms with Crippen LogP contribution in [0.25, 0.3) is 0 Å². The van der Waals surface area contributed by atoms with Crippen LogP contribution >= 0.6 is 0 Å². The third-order valence-corrected chi connectivity index (χ3v) is 5.50. The van der Waals surface area contributed by atoms with Gasteiger partial charge in [-0.1, -0.05) is 12.1 Å². The fraction of sp³-hybridized carbons (Fsp3) is 0.429. The molecule has 0 spiro atoms. The monoisotopic (exact) mass is 369 g/mol. The molecule has 1 saturated heterocycles. The van der Waals surface area contributed by atoms with E-state index in [0.717, 1.165) is 43.1 Å². The number of aromatic nitrogens is 1. The summed E-state index contributed by atoms with van der Waals surface area (Å²) in [4.78, 5) is 32.3. The Morgan fingerprint density at radius 3 is 2.30 bits per heavy atom. The van der Waals surface area contributed by atoms with Crippen LogP contribution in [0.2, 0.25) is 0 Å². The Morgan fingerprint density at radius 2 is 1.74 bits per heavy atom. The van der Waals surface area contributed by atoms with Crippen molar-refractivity contribution in [3.63, 3.8) is 0 Å². The molecule has 3 rings (SSSR count). The van der Waals surface area contributed by atoms with E-state index in [-0.39, 0.29) is 23.4 Å². The largest absolute Gasteiger partial charge is 0.506 e. The molecule has 6 nitrogen and oxygen atoms in total.